The maximum absolute atomic E-state index is 12.6. The number of hydrogen-bond acceptors (Lipinski definition) is 4. The Kier molecular flexibility index (Phi) is 34.6. The number of nitrogens with zero attached hydrogens (tertiary/aromatic N) is 1. The number of carbonyl (C=O) groups excluding carboxylic acids is 1. The zero-order valence-electron chi connectivity index (χ0n) is 28.0. The van der Waals surface area contributed by atoms with Gasteiger partial charge in [-0.2, -0.15) is 0 Å². The van der Waals surface area contributed by atoms with Gasteiger partial charge in [0.05, 0.1) is 0 Å². The lowest BCUT2D eigenvalue weighted by molar-refractivity contribution is -0.150. The highest BCUT2D eigenvalue weighted by Crippen LogP contribution is 2.18. The van der Waals surface area contributed by atoms with Gasteiger partial charge in [-0.1, -0.05) is 147 Å². The Labute approximate surface area is 266 Å². The molecule has 0 radical (unpaired) electrons. The Morgan fingerprint density at radius 1 is 0.561 bits per heavy atom. The number of carbonyl (C=O) groups is 1. The molecule has 0 aliphatic heterocycles. The van der Waals surface area contributed by atoms with E-state index in [1.54, 1.807) is 0 Å². The molecule has 0 spiro atoms. The minimum absolute atomic E-state index is 0.0502. The molecule has 0 aromatic rings. The first-order chi connectivity index (χ1) is 20.2. The summed E-state index contributed by atoms with van der Waals surface area (Å²) < 4.78 is 6.02. The molecule has 246 valence electrons. The molecule has 0 unspecified atom stereocenters. The molecule has 0 atom stereocenters. The molecule has 0 aliphatic rings. The van der Waals surface area contributed by atoms with Crippen molar-refractivity contribution < 1.29 is 9.53 Å². The van der Waals surface area contributed by atoms with E-state index in [1.807, 2.05) is 0 Å². The van der Waals surface area contributed by atoms with Crippen molar-refractivity contribution in [3.63, 3.8) is 0 Å². The Balaban J connectivity index is 4.14. The summed E-state index contributed by atoms with van der Waals surface area (Å²) in [6.45, 7) is 10.5. The van der Waals surface area contributed by atoms with Crippen molar-refractivity contribution in [3.05, 3.63) is 0 Å². The van der Waals surface area contributed by atoms with Gasteiger partial charge >= 0.3 is 5.97 Å². The van der Waals surface area contributed by atoms with E-state index in [9.17, 15) is 4.79 Å². The van der Waals surface area contributed by atoms with Crippen LogP contribution in [0.25, 0.3) is 0 Å². The van der Waals surface area contributed by atoms with Gasteiger partial charge in [0.25, 0.3) is 0 Å². The van der Waals surface area contributed by atoms with E-state index >= 15 is 0 Å². The largest absolute Gasteiger partial charge is 0.462 e. The van der Waals surface area contributed by atoms with E-state index in [2.05, 4.69) is 25.7 Å². The maximum Gasteiger partial charge on any atom is 0.306 e. The summed E-state index contributed by atoms with van der Waals surface area (Å²) >= 11 is 0. The molecule has 41 heavy (non-hydrogen) atoms. The summed E-state index contributed by atoms with van der Waals surface area (Å²) in [6, 6.07) is 0. The van der Waals surface area contributed by atoms with Gasteiger partial charge in [-0.3, -0.25) is 4.79 Å². The van der Waals surface area contributed by atoms with Gasteiger partial charge < -0.3 is 9.64 Å². The average molecular weight is 618 g/mol. The molecule has 0 aliphatic carbocycles. The number of esters is 1. The molecule has 0 saturated heterocycles. The van der Waals surface area contributed by atoms with E-state index in [0.717, 1.165) is 31.4 Å². The zero-order chi connectivity index (χ0) is 30.1. The van der Waals surface area contributed by atoms with Crippen molar-refractivity contribution in [2.45, 2.75) is 200 Å². The van der Waals surface area contributed by atoms with Gasteiger partial charge in [-0.05, 0) is 81.7 Å². The molecule has 0 fully saturated rings. The fourth-order valence-corrected chi connectivity index (χ4v) is 6.31. The summed E-state index contributed by atoms with van der Waals surface area (Å²) in [6.07, 6.45) is 33.8. The van der Waals surface area contributed by atoms with E-state index in [0.29, 0.717) is 6.42 Å². The van der Waals surface area contributed by atoms with Crippen LogP contribution in [0.5, 0.6) is 0 Å². The van der Waals surface area contributed by atoms with Gasteiger partial charge in [-0.25, -0.2) is 0 Å². The Hall–Kier alpha value is 0.0700. The highest BCUT2D eigenvalue weighted by Gasteiger charge is 2.14. The quantitative estimate of drug-likeness (QED) is 0.0530. The summed E-state index contributed by atoms with van der Waals surface area (Å²) in [5, 5.41) is 0. The standard InChI is InChI=1S/C36H72ClNO2S/c1-4-7-10-13-17-22-28-35(29-23-18-14-11-8-5-2)40-36(39)30-24-19-16-21-26-32-38(33-27-34-41-37)31-25-20-15-12-9-6-3/h35H,4-34H2,1-3H3. The van der Waals surface area contributed by atoms with Gasteiger partial charge in [0.2, 0.25) is 0 Å². The molecule has 0 aromatic heterocycles. The van der Waals surface area contributed by atoms with Crippen molar-refractivity contribution in [1.82, 2.24) is 4.90 Å². The molecule has 0 aromatic carbocycles. The van der Waals surface area contributed by atoms with Crippen LogP contribution in [0.1, 0.15) is 194 Å². The van der Waals surface area contributed by atoms with Crippen LogP contribution >= 0.6 is 21.7 Å². The summed E-state index contributed by atoms with van der Waals surface area (Å²) in [7, 11) is 7.28. The topological polar surface area (TPSA) is 29.5 Å². The second-order valence-electron chi connectivity index (χ2n) is 12.5. The van der Waals surface area contributed by atoms with E-state index in [4.69, 9.17) is 15.4 Å². The SMILES string of the molecule is CCCCCCCCC(CCCCCCCC)OC(=O)CCCCCCCN(CCCCCCCC)CCCSCl. The first-order valence-electron chi connectivity index (χ1n) is 18.3. The lowest BCUT2D eigenvalue weighted by Gasteiger charge is -2.22. The van der Waals surface area contributed by atoms with Crippen LogP contribution in [0.4, 0.5) is 0 Å². The minimum atomic E-state index is 0.0502. The van der Waals surface area contributed by atoms with Crippen LogP contribution in [-0.4, -0.2) is 42.4 Å². The number of halogens is 1. The monoisotopic (exact) mass is 617 g/mol. The van der Waals surface area contributed by atoms with Crippen molar-refractivity contribution >= 4 is 27.6 Å². The molecule has 0 saturated carbocycles. The second-order valence-corrected chi connectivity index (χ2v) is 13.8. The third kappa shape index (κ3) is 31.3. The third-order valence-electron chi connectivity index (χ3n) is 8.44. The Morgan fingerprint density at radius 2 is 0.951 bits per heavy atom. The van der Waals surface area contributed by atoms with Crippen molar-refractivity contribution in [1.29, 1.82) is 0 Å². The highest BCUT2D eigenvalue weighted by atomic mass is 35.7. The molecule has 0 heterocycles. The predicted octanol–water partition coefficient (Wildman–Crippen LogP) is 12.7. The van der Waals surface area contributed by atoms with E-state index in [1.165, 1.54) is 172 Å². The summed E-state index contributed by atoms with van der Waals surface area (Å²) in [5.74, 6) is 1.10. The van der Waals surface area contributed by atoms with Gasteiger partial charge in [0, 0.05) is 12.2 Å². The first-order valence-corrected chi connectivity index (χ1v) is 20.1. The lowest BCUT2D eigenvalue weighted by Crippen LogP contribution is -2.27. The Morgan fingerprint density at radius 3 is 1.41 bits per heavy atom. The van der Waals surface area contributed by atoms with Gasteiger partial charge in [0.1, 0.15) is 6.10 Å². The van der Waals surface area contributed by atoms with Crippen LogP contribution in [0, 0.1) is 0 Å². The Bertz CT molecular complexity index is 506. The van der Waals surface area contributed by atoms with Crippen LogP contribution in [0.15, 0.2) is 0 Å². The van der Waals surface area contributed by atoms with Crippen LogP contribution in [0.3, 0.4) is 0 Å². The van der Waals surface area contributed by atoms with Gasteiger partial charge in [0.15, 0.2) is 0 Å². The maximum atomic E-state index is 12.6. The normalized spacial score (nSPS) is 11.7. The molecule has 3 nitrogen and oxygen atoms in total. The van der Waals surface area contributed by atoms with Crippen molar-refractivity contribution in [2.75, 3.05) is 25.4 Å². The van der Waals surface area contributed by atoms with Crippen LogP contribution < -0.4 is 0 Å². The van der Waals surface area contributed by atoms with Gasteiger partial charge in [-0.15, -0.1) is 0 Å². The predicted molar refractivity (Wildman–Crippen MR) is 186 cm³/mol. The molecule has 5 heteroatoms. The third-order valence-corrected chi connectivity index (χ3v) is 9.34. The van der Waals surface area contributed by atoms with Crippen molar-refractivity contribution in [3.8, 4) is 0 Å². The number of hydrogen-bond donors (Lipinski definition) is 0. The molecular weight excluding hydrogens is 546 g/mol. The van der Waals surface area contributed by atoms with E-state index < -0.39 is 0 Å². The fourth-order valence-electron chi connectivity index (χ4n) is 5.74. The lowest BCUT2D eigenvalue weighted by atomic mass is 10.0. The molecule has 0 bridgehead atoms. The minimum Gasteiger partial charge on any atom is -0.462 e. The van der Waals surface area contributed by atoms with Crippen LogP contribution in [0.2, 0.25) is 0 Å². The molecule has 0 rings (SSSR count). The number of ether oxygens (including phenoxy) is 1. The summed E-state index contributed by atoms with van der Waals surface area (Å²) in [4.78, 5) is 15.3. The first kappa shape index (κ1) is 41.1. The molecular formula is C36H72ClNO2S. The summed E-state index contributed by atoms with van der Waals surface area (Å²) in [5.41, 5.74) is 0. The number of unbranched alkanes of at least 4 members (excludes halogenated alkanes) is 19. The fraction of sp³-hybridized carbons (Fsp3) is 0.972. The number of rotatable bonds is 34. The average Bonchev–Trinajstić information content (AvgIpc) is 2.97. The van der Waals surface area contributed by atoms with Crippen LogP contribution in [-0.2, 0) is 9.53 Å². The smallest absolute Gasteiger partial charge is 0.306 e. The second kappa shape index (κ2) is 34.6. The zero-order valence-corrected chi connectivity index (χ0v) is 29.6. The highest BCUT2D eigenvalue weighted by molar-refractivity contribution is 8.21. The van der Waals surface area contributed by atoms with E-state index in [-0.39, 0.29) is 12.1 Å². The molecule has 0 N–H and O–H groups in total. The molecule has 0 amide bonds. The van der Waals surface area contributed by atoms with Crippen molar-refractivity contribution in [2.24, 2.45) is 0 Å².